The van der Waals surface area contributed by atoms with E-state index in [1.54, 1.807) is 30.3 Å². The molecule has 2 aromatic heterocycles. The number of nitrogens with zero attached hydrogens (tertiary/aromatic N) is 4. The number of hydrogen-bond acceptors (Lipinski definition) is 4. The van der Waals surface area contributed by atoms with E-state index in [-0.39, 0.29) is 11.8 Å². The molecular weight excluding hydrogens is 402 g/mol. The van der Waals surface area contributed by atoms with Crippen molar-refractivity contribution in [2.45, 2.75) is 40.8 Å². The van der Waals surface area contributed by atoms with Crippen LogP contribution in [0.5, 0.6) is 0 Å². The minimum atomic E-state index is -0.0803. The Balaban J connectivity index is 0.00000176. The van der Waals surface area contributed by atoms with Gasteiger partial charge in [-0.3, -0.25) is 14.5 Å². The van der Waals surface area contributed by atoms with Gasteiger partial charge in [0, 0.05) is 56.6 Å². The van der Waals surface area contributed by atoms with Crippen LogP contribution in [0.2, 0.25) is 0 Å². The highest BCUT2D eigenvalue weighted by Gasteiger charge is 2.17. The third-order valence-corrected chi connectivity index (χ3v) is 5.21. The van der Waals surface area contributed by atoms with Crippen molar-refractivity contribution in [1.82, 2.24) is 19.4 Å². The number of amides is 2. The van der Waals surface area contributed by atoms with E-state index in [1.165, 1.54) is 0 Å². The summed E-state index contributed by atoms with van der Waals surface area (Å²) in [4.78, 5) is 32.4. The maximum Gasteiger partial charge on any atom is 0.246 e. The van der Waals surface area contributed by atoms with Crippen molar-refractivity contribution in [2.75, 3.05) is 26.0 Å². The molecule has 0 aromatic carbocycles. The molecule has 1 aliphatic rings. The van der Waals surface area contributed by atoms with Crippen molar-refractivity contribution < 1.29 is 9.59 Å². The second-order valence-corrected chi connectivity index (χ2v) is 7.67. The third kappa shape index (κ3) is 5.95. The zero-order chi connectivity index (χ0) is 23.8. The molecule has 32 heavy (non-hydrogen) atoms. The van der Waals surface area contributed by atoms with E-state index < -0.39 is 0 Å². The van der Waals surface area contributed by atoms with Gasteiger partial charge in [0.25, 0.3) is 0 Å². The quantitative estimate of drug-likeness (QED) is 0.744. The van der Waals surface area contributed by atoms with Crippen LogP contribution in [0.1, 0.15) is 44.4 Å². The average molecular weight is 438 g/mol. The number of hydrogen-bond donors (Lipinski definition) is 1. The third-order valence-electron chi connectivity index (χ3n) is 5.21. The van der Waals surface area contributed by atoms with Gasteiger partial charge in [0.05, 0.1) is 6.54 Å². The fraction of sp³-hybridized carbons (Fsp3) is 0.400. The number of likely N-dealkylation sites (N-methyl/N-ethyl adjacent to an activating group) is 2. The fourth-order valence-corrected chi connectivity index (χ4v) is 3.79. The fourth-order valence-electron chi connectivity index (χ4n) is 3.79. The van der Waals surface area contributed by atoms with Crippen molar-refractivity contribution in [1.29, 1.82) is 0 Å². The Kier molecular flexibility index (Phi) is 8.96. The van der Waals surface area contributed by atoms with E-state index in [9.17, 15) is 9.59 Å². The second-order valence-electron chi connectivity index (χ2n) is 7.67. The molecule has 2 aromatic rings. The summed E-state index contributed by atoms with van der Waals surface area (Å²) in [5.41, 5.74) is 2.87. The largest absolute Gasteiger partial charge is 0.350 e. The van der Waals surface area contributed by atoms with E-state index in [0.29, 0.717) is 25.5 Å². The number of carbonyl (C=O) groups is 2. The van der Waals surface area contributed by atoms with Crippen molar-refractivity contribution in [2.24, 2.45) is 7.05 Å². The molecule has 2 amide bonds. The van der Waals surface area contributed by atoms with Crippen LogP contribution in [-0.4, -0.2) is 51.8 Å². The van der Waals surface area contributed by atoms with Gasteiger partial charge in [-0.15, -0.1) is 0 Å². The van der Waals surface area contributed by atoms with Gasteiger partial charge in [0.1, 0.15) is 5.82 Å². The number of pyridine rings is 1. The SMILES string of the molecule is C/C=c1/c(CN(C)C(=O)/C=C/c2cnc3c(c2)CN(C)CC(=O)N3)cn(C)/c1=C/C.CC. The minimum Gasteiger partial charge on any atom is -0.350 e. The van der Waals surface area contributed by atoms with E-state index in [1.807, 2.05) is 52.8 Å². The highest BCUT2D eigenvalue weighted by atomic mass is 16.2. The summed E-state index contributed by atoms with van der Waals surface area (Å²) < 4.78 is 2.08. The lowest BCUT2D eigenvalue weighted by atomic mass is 10.1. The lowest BCUT2D eigenvalue weighted by Gasteiger charge is -2.14. The molecule has 172 valence electrons. The van der Waals surface area contributed by atoms with Crippen LogP contribution in [0.4, 0.5) is 5.82 Å². The lowest BCUT2D eigenvalue weighted by molar-refractivity contribution is -0.125. The molecular formula is C25H35N5O2. The molecule has 1 aliphatic heterocycles. The predicted molar refractivity (Wildman–Crippen MR) is 131 cm³/mol. The molecule has 0 saturated heterocycles. The van der Waals surface area contributed by atoms with Gasteiger partial charge in [-0.2, -0.15) is 0 Å². The summed E-state index contributed by atoms with van der Waals surface area (Å²) in [6.07, 6.45) is 11.2. The summed E-state index contributed by atoms with van der Waals surface area (Å²) in [6, 6.07) is 1.96. The number of aromatic nitrogens is 2. The van der Waals surface area contributed by atoms with Crippen LogP contribution in [0, 0.1) is 0 Å². The lowest BCUT2D eigenvalue weighted by Crippen LogP contribution is -2.31. The topological polar surface area (TPSA) is 70.5 Å². The zero-order valence-corrected chi connectivity index (χ0v) is 20.3. The van der Waals surface area contributed by atoms with Crippen molar-refractivity contribution in [3.8, 4) is 0 Å². The number of rotatable bonds is 4. The summed E-state index contributed by atoms with van der Waals surface area (Å²) >= 11 is 0. The van der Waals surface area contributed by atoms with Crippen LogP contribution >= 0.6 is 0 Å². The number of nitrogens with one attached hydrogen (secondary N) is 1. The van der Waals surface area contributed by atoms with E-state index in [2.05, 4.69) is 33.2 Å². The molecule has 0 aliphatic carbocycles. The van der Waals surface area contributed by atoms with E-state index in [4.69, 9.17) is 0 Å². The molecule has 0 unspecified atom stereocenters. The molecule has 0 saturated carbocycles. The Morgan fingerprint density at radius 2 is 1.94 bits per heavy atom. The summed E-state index contributed by atoms with van der Waals surface area (Å²) in [5, 5.41) is 5.12. The normalized spacial score (nSPS) is 15.2. The standard InChI is InChI=1S/C23H29N5O2.C2H6/c1-6-19-18(13-27(4)20(19)7-2)14-28(5)22(30)9-8-16-10-17-12-26(3)15-21(29)25-23(17)24-11-16;1-2/h6-11,13H,12,14-15H2,1-5H3,(H,24,25,29);1-2H3/b9-8+,19-6-,20-7+;. The zero-order valence-electron chi connectivity index (χ0n) is 20.3. The average Bonchev–Trinajstić information content (AvgIpc) is 2.99. The molecule has 1 N–H and O–H groups in total. The monoisotopic (exact) mass is 437 g/mol. The molecule has 0 atom stereocenters. The summed E-state index contributed by atoms with van der Waals surface area (Å²) in [6.45, 7) is 9.51. The van der Waals surface area contributed by atoms with E-state index >= 15 is 0 Å². The molecule has 0 spiro atoms. The number of carbonyl (C=O) groups excluding carboxylic acids is 2. The van der Waals surface area contributed by atoms with Crippen LogP contribution in [0.15, 0.2) is 24.5 Å². The molecule has 3 rings (SSSR count). The maximum atomic E-state index is 12.6. The molecule has 0 bridgehead atoms. The van der Waals surface area contributed by atoms with Crippen LogP contribution < -0.4 is 15.9 Å². The van der Waals surface area contributed by atoms with Crippen LogP contribution in [-0.2, 0) is 29.7 Å². The first-order valence-electron chi connectivity index (χ1n) is 11.0. The highest BCUT2D eigenvalue weighted by molar-refractivity contribution is 5.93. The Morgan fingerprint density at radius 3 is 2.59 bits per heavy atom. The minimum absolute atomic E-state index is 0.0720. The van der Waals surface area contributed by atoms with Gasteiger partial charge in [0.15, 0.2) is 0 Å². The van der Waals surface area contributed by atoms with Crippen molar-refractivity contribution >= 4 is 35.9 Å². The first kappa shape index (κ1) is 25.1. The van der Waals surface area contributed by atoms with Crippen molar-refractivity contribution in [3.05, 3.63) is 51.8 Å². The first-order valence-corrected chi connectivity index (χ1v) is 11.0. The number of anilines is 1. The van der Waals surface area contributed by atoms with Crippen molar-refractivity contribution in [3.63, 3.8) is 0 Å². The van der Waals surface area contributed by atoms with Gasteiger partial charge >= 0.3 is 0 Å². The van der Waals surface area contributed by atoms with Crippen LogP contribution in [0.25, 0.3) is 18.2 Å². The Hall–Kier alpha value is -3.19. The highest BCUT2D eigenvalue weighted by Crippen LogP contribution is 2.19. The molecule has 7 nitrogen and oxygen atoms in total. The molecule has 3 heterocycles. The molecule has 0 radical (unpaired) electrons. The van der Waals surface area contributed by atoms with Crippen LogP contribution in [0.3, 0.4) is 0 Å². The Bertz CT molecular complexity index is 1110. The van der Waals surface area contributed by atoms with Gasteiger partial charge in [0.2, 0.25) is 11.8 Å². The number of fused-ring (bicyclic) bond motifs is 1. The smallest absolute Gasteiger partial charge is 0.246 e. The van der Waals surface area contributed by atoms with Gasteiger partial charge in [-0.1, -0.05) is 26.0 Å². The van der Waals surface area contributed by atoms with Gasteiger partial charge in [-0.25, -0.2) is 4.98 Å². The number of aryl methyl sites for hydroxylation is 1. The van der Waals surface area contributed by atoms with E-state index in [0.717, 1.165) is 27.3 Å². The Morgan fingerprint density at radius 1 is 1.22 bits per heavy atom. The Labute approximate surface area is 190 Å². The second kappa shape index (κ2) is 11.4. The summed E-state index contributed by atoms with van der Waals surface area (Å²) in [5.74, 6) is 0.432. The summed E-state index contributed by atoms with van der Waals surface area (Å²) in [7, 11) is 5.70. The predicted octanol–water partition coefficient (Wildman–Crippen LogP) is 2.10. The maximum absolute atomic E-state index is 12.6. The van der Waals surface area contributed by atoms with Gasteiger partial charge in [-0.05, 0) is 49.4 Å². The first-order chi connectivity index (χ1) is 15.3. The molecule has 0 fully saturated rings. The van der Waals surface area contributed by atoms with Gasteiger partial charge < -0.3 is 14.8 Å². The molecule has 7 heteroatoms.